The first-order valence-corrected chi connectivity index (χ1v) is 10.4. The third kappa shape index (κ3) is 5.46. The SMILES string of the molecule is CC1=C[C@H](C)[C@H](C[NH2+]CC[NH2+]C[C@H]2[C@@H](C)C=C(C)C[C@@H]2C)[C@H](C)C1. The second-order valence-corrected chi connectivity index (χ2v) is 9.06. The van der Waals surface area contributed by atoms with Crippen LogP contribution in [-0.4, -0.2) is 26.2 Å². The second-order valence-electron chi connectivity index (χ2n) is 9.06. The molecule has 24 heavy (non-hydrogen) atoms. The molecule has 0 aromatic rings. The van der Waals surface area contributed by atoms with Crippen molar-refractivity contribution >= 4 is 0 Å². The lowest BCUT2D eigenvalue weighted by molar-refractivity contribution is -0.729. The van der Waals surface area contributed by atoms with Crippen molar-refractivity contribution in [3.63, 3.8) is 0 Å². The van der Waals surface area contributed by atoms with Crippen molar-refractivity contribution < 1.29 is 10.6 Å². The van der Waals surface area contributed by atoms with Crippen LogP contribution in [0.15, 0.2) is 23.3 Å². The predicted molar refractivity (Wildman–Crippen MR) is 104 cm³/mol. The van der Waals surface area contributed by atoms with Crippen LogP contribution in [0.4, 0.5) is 0 Å². The summed E-state index contributed by atoms with van der Waals surface area (Å²) < 4.78 is 0. The van der Waals surface area contributed by atoms with Crippen molar-refractivity contribution in [1.82, 2.24) is 0 Å². The Bertz CT molecular complexity index is 409. The van der Waals surface area contributed by atoms with Gasteiger partial charge in [0.25, 0.3) is 0 Å². The fraction of sp³-hybridized carbons (Fsp3) is 0.818. The molecule has 0 bridgehead atoms. The van der Waals surface area contributed by atoms with Gasteiger partial charge in [0, 0.05) is 11.8 Å². The first kappa shape index (κ1) is 19.7. The Morgan fingerprint density at radius 2 is 1.12 bits per heavy atom. The molecule has 6 atom stereocenters. The van der Waals surface area contributed by atoms with E-state index in [1.54, 1.807) is 11.1 Å². The molecule has 0 saturated heterocycles. The van der Waals surface area contributed by atoms with Gasteiger partial charge in [-0.3, -0.25) is 0 Å². The lowest BCUT2D eigenvalue weighted by Gasteiger charge is -2.32. The third-order valence-corrected chi connectivity index (χ3v) is 6.65. The summed E-state index contributed by atoms with van der Waals surface area (Å²) in [6.45, 7) is 19.4. The van der Waals surface area contributed by atoms with Crippen molar-refractivity contribution in [1.29, 1.82) is 0 Å². The maximum atomic E-state index is 2.57. The summed E-state index contributed by atoms with van der Waals surface area (Å²) in [5, 5.41) is 5.14. The molecular formula is C22H42N2+2. The van der Waals surface area contributed by atoms with Gasteiger partial charge in [-0.05, 0) is 50.4 Å². The molecule has 0 saturated carbocycles. The van der Waals surface area contributed by atoms with E-state index in [1.807, 2.05) is 0 Å². The lowest BCUT2D eigenvalue weighted by Crippen LogP contribution is -2.96. The van der Waals surface area contributed by atoms with E-state index in [9.17, 15) is 0 Å². The highest BCUT2D eigenvalue weighted by atomic mass is 14.9. The molecular weight excluding hydrogens is 292 g/mol. The van der Waals surface area contributed by atoms with Crippen molar-refractivity contribution in [3.8, 4) is 0 Å². The summed E-state index contributed by atoms with van der Waals surface area (Å²) in [6, 6.07) is 0. The molecule has 0 aromatic heterocycles. The van der Waals surface area contributed by atoms with Crippen LogP contribution in [0.2, 0.25) is 0 Å². The molecule has 138 valence electrons. The van der Waals surface area contributed by atoms with Crippen LogP contribution < -0.4 is 10.6 Å². The molecule has 2 nitrogen and oxygen atoms in total. The first-order chi connectivity index (χ1) is 11.4. The highest BCUT2D eigenvalue weighted by Gasteiger charge is 2.29. The van der Waals surface area contributed by atoms with E-state index in [4.69, 9.17) is 0 Å². The van der Waals surface area contributed by atoms with Crippen LogP contribution in [0.1, 0.15) is 54.4 Å². The number of hydrogen-bond acceptors (Lipinski definition) is 0. The van der Waals surface area contributed by atoms with Crippen LogP contribution in [-0.2, 0) is 0 Å². The topological polar surface area (TPSA) is 33.2 Å². The van der Waals surface area contributed by atoms with Gasteiger partial charge in [-0.1, -0.05) is 51.0 Å². The monoisotopic (exact) mass is 334 g/mol. The minimum Gasteiger partial charge on any atom is -0.341 e. The molecule has 0 spiro atoms. The normalized spacial score (nSPS) is 37.1. The molecule has 4 N–H and O–H groups in total. The molecule has 0 unspecified atom stereocenters. The van der Waals surface area contributed by atoms with Gasteiger partial charge in [-0.25, -0.2) is 0 Å². The number of nitrogens with two attached hydrogens (primary N) is 2. The van der Waals surface area contributed by atoms with E-state index in [0.717, 1.165) is 35.5 Å². The number of quaternary nitrogens is 2. The van der Waals surface area contributed by atoms with Gasteiger partial charge in [-0.2, -0.15) is 0 Å². The van der Waals surface area contributed by atoms with Gasteiger partial charge in [0.2, 0.25) is 0 Å². The number of rotatable bonds is 7. The molecule has 2 rings (SSSR count). The van der Waals surface area contributed by atoms with Gasteiger partial charge in [0.05, 0.1) is 13.1 Å². The average Bonchev–Trinajstić information content (AvgIpc) is 2.46. The van der Waals surface area contributed by atoms with Gasteiger partial charge in [0.1, 0.15) is 13.1 Å². The van der Waals surface area contributed by atoms with Crippen LogP contribution in [0.3, 0.4) is 0 Å². The van der Waals surface area contributed by atoms with E-state index in [-0.39, 0.29) is 0 Å². The molecule has 2 aliphatic carbocycles. The molecule has 0 aliphatic heterocycles. The molecule has 2 aliphatic rings. The Morgan fingerprint density at radius 1 is 0.750 bits per heavy atom. The van der Waals surface area contributed by atoms with E-state index in [1.165, 1.54) is 39.0 Å². The van der Waals surface area contributed by atoms with E-state index in [2.05, 4.69) is 64.3 Å². The van der Waals surface area contributed by atoms with Gasteiger partial charge in [0.15, 0.2) is 0 Å². The minimum atomic E-state index is 0.757. The Kier molecular flexibility index (Phi) is 7.56. The highest BCUT2D eigenvalue weighted by Crippen LogP contribution is 2.33. The van der Waals surface area contributed by atoms with Crippen LogP contribution in [0, 0.1) is 35.5 Å². The molecule has 0 heterocycles. The van der Waals surface area contributed by atoms with Crippen molar-refractivity contribution in [2.75, 3.05) is 26.2 Å². The summed E-state index contributed by atoms with van der Waals surface area (Å²) in [4.78, 5) is 0. The van der Waals surface area contributed by atoms with Crippen molar-refractivity contribution in [2.45, 2.75) is 54.4 Å². The second kappa shape index (κ2) is 9.20. The Morgan fingerprint density at radius 3 is 1.46 bits per heavy atom. The average molecular weight is 335 g/mol. The van der Waals surface area contributed by atoms with E-state index < -0.39 is 0 Å². The quantitative estimate of drug-likeness (QED) is 0.530. The van der Waals surface area contributed by atoms with Crippen molar-refractivity contribution in [3.05, 3.63) is 23.3 Å². The summed E-state index contributed by atoms with van der Waals surface area (Å²) in [7, 11) is 0. The summed E-state index contributed by atoms with van der Waals surface area (Å²) >= 11 is 0. The van der Waals surface area contributed by atoms with Gasteiger partial charge >= 0.3 is 0 Å². The number of hydrogen-bond donors (Lipinski definition) is 2. The van der Waals surface area contributed by atoms with Crippen LogP contribution in [0.25, 0.3) is 0 Å². The fourth-order valence-electron chi connectivity index (χ4n) is 5.39. The molecule has 0 radical (unpaired) electrons. The maximum absolute atomic E-state index is 2.57. The Balaban J connectivity index is 1.62. The zero-order chi connectivity index (χ0) is 17.7. The van der Waals surface area contributed by atoms with E-state index in [0.29, 0.717) is 0 Å². The highest BCUT2D eigenvalue weighted by molar-refractivity contribution is 5.08. The zero-order valence-corrected chi connectivity index (χ0v) is 17.0. The lowest BCUT2D eigenvalue weighted by atomic mass is 9.75. The summed E-state index contributed by atoms with van der Waals surface area (Å²) in [5.74, 6) is 4.94. The minimum absolute atomic E-state index is 0.757. The molecule has 0 fully saturated rings. The summed E-state index contributed by atoms with van der Waals surface area (Å²) in [5.41, 5.74) is 3.19. The Hall–Kier alpha value is -0.600. The first-order valence-electron chi connectivity index (χ1n) is 10.4. The molecule has 2 heteroatoms. The van der Waals surface area contributed by atoms with E-state index >= 15 is 0 Å². The largest absolute Gasteiger partial charge is 0.341 e. The standard InChI is InChI=1S/C22H40N2/c1-15-9-17(3)21(18(4)10-15)13-23-7-8-24-14-22-19(5)11-16(2)12-20(22)6/h9,11,17-24H,7-8,10,12-14H2,1-6H3/p+2/t17-,18-,19-,20+,21-,22-/m0/s1. The number of allylic oxidation sites excluding steroid dienone is 4. The smallest absolute Gasteiger partial charge is 0.125 e. The van der Waals surface area contributed by atoms with Crippen LogP contribution in [0.5, 0.6) is 0 Å². The Labute approximate surface area is 150 Å². The zero-order valence-electron chi connectivity index (χ0n) is 17.0. The van der Waals surface area contributed by atoms with Crippen LogP contribution >= 0.6 is 0 Å². The fourth-order valence-corrected chi connectivity index (χ4v) is 5.39. The third-order valence-electron chi connectivity index (χ3n) is 6.65. The van der Waals surface area contributed by atoms with Gasteiger partial charge in [-0.15, -0.1) is 0 Å². The van der Waals surface area contributed by atoms with Gasteiger partial charge < -0.3 is 10.6 Å². The maximum Gasteiger partial charge on any atom is 0.125 e. The van der Waals surface area contributed by atoms with Crippen molar-refractivity contribution in [2.24, 2.45) is 35.5 Å². The molecule has 0 amide bonds. The predicted octanol–water partition coefficient (Wildman–Crippen LogP) is 2.59. The molecule has 0 aromatic carbocycles. The summed E-state index contributed by atoms with van der Waals surface area (Å²) in [6.07, 6.45) is 7.62.